The van der Waals surface area contributed by atoms with Crippen LogP contribution in [0.1, 0.15) is 122 Å². The van der Waals surface area contributed by atoms with Crippen molar-refractivity contribution in [2.45, 2.75) is 122 Å². The zero-order chi connectivity index (χ0) is 20.5. The minimum Gasteiger partial charge on any atom is -0.481 e. The Bertz CT molecular complexity index is 403. The van der Waals surface area contributed by atoms with Gasteiger partial charge in [0.1, 0.15) is 0 Å². The van der Waals surface area contributed by atoms with E-state index in [4.69, 9.17) is 5.11 Å². The van der Waals surface area contributed by atoms with Crippen LogP contribution in [0.4, 0.5) is 0 Å². The van der Waals surface area contributed by atoms with Crippen LogP contribution >= 0.6 is 0 Å². The largest absolute Gasteiger partial charge is 0.481 e. The lowest BCUT2D eigenvalue weighted by Gasteiger charge is -2.30. The molecule has 0 saturated carbocycles. The predicted molar refractivity (Wildman–Crippen MR) is 116 cm³/mol. The number of likely N-dealkylation sites (tertiary alicyclic amines) is 1. The molecule has 1 aliphatic rings. The number of piperidine rings is 1. The molecule has 0 atom stereocenters. The summed E-state index contributed by atoms with van der Waals surface area (Å²) in [5.74, 6) is 0.508. The highest BCUT2D eigenvalue weighted by molar-refractivity contribution is 5.76. The van der Waals surface area contributed by atoms with Gasteiger partial charge in [-0.3, -0.25) is 9.59 Å². The zero-order valence-corrected chi connectivity index (χ0v) is 18.4. The van der Waals surface area contributed by atoms with E-state index in [0.717, 1.165) is 44.7 Å². The highest BCUT2D eigenvalue weighted by Gasteiger charge is 2.19. The van der Waals surface area contributed by atoms with Gasteiger partial charge in [-0.2, -0.15) is 0 Å². The molecule has 4 nitrogen and oxygen atoms in total. The van der Waals surface area contributed by atoms with Crippen molar-refractivity contribution in [1.29, 1.82) is 0 Å². The fourth-order valence-corrected chi connectivity index (χ4v) is 4.09. The summed E-state index contributed by atoms with van der Waals surface area (Å²) < 4.78 is 0. The van der Waals surface area contributed by atoms with E-state index in [2.05, 4.69) is 11.8 Å². The molecular formula is C24H45NO3. The number of carbonyl (C=O) groups excluding carboxylic acids is 1. The first-order valence-corrected chi connectivity index (χ1v) is 12.1. The number of amides is 1. The standard InChI is InChI=1S/C24H45NO3/c1-22-18-20-25(21-19-22)23(26)16-14-12-10-8-6-4-2-3-5-7-9-11-13-15-17-24(27)28/h22H,2-21H2,1H3,(H,27,28). The van der Waals surface area contributed by atoms with Crippen molar-refractivity contribution >= 4 is 11.9 Å². The SMILES string of the molecule is CC1CCN(C(=O)CCCCCCCCCCCCCCCCC(=O)O)CC1. The van der Waals surface area contributed by atoms with Crippen molar-refractivity contribution in [1.82, 2.24) is 4.90 Å². The maximum atomic E-state index is 12.2. The number of hydrogen-bond acceptors (Lipinski definition) is 2. The number of carboxylic acid groups (broad SMARTS) is 1. The number of unbranched alkanes of at least 4 members (excludes halogenated alkanes) is 13. The minimum atomic E-state index is -0.666. The summed E-state index contributed by atoms with van der Waals surface area (Å²) in [7, 11) is 0. The molecule has 1 heterocycles. The highest BCUT2D eigenvalue weighted by Crippen LogP contribution is 2.18. The van der Waals surface area contributed by atoms with Crippen LogP contribution in [0.15, 0.2) is 0 Å². The Labute approximate surface area is 173 Å². The van der Waals surface area contributed by atoms with Gasteiger partial charge in [0.2, 0.25) is 5.91 Å². The number of carbonyl (C=O) groups is 2. The molecule has 1 saturated heterocycles. The monoisotopic (exact) mass is 395 g/mol. The average Bonchev–Trinajstić information content (AvgIpc) is 2.67. The van der Waals surface area contributed by atoms with Crippen LogP contribution in [0.5, 0.6) is 0 Å². The summed E-state index contributed by atoms with van der Waals surface area (Å²) in [6.07, 6.45) is 20.7. The molecule has 0 aromatic heterocycles. The first-order valence-electron chi connectivity index (χ1n) is 12.1. The molecule has 0 aromatic rings. The topological polar surface area (TPSA) is 57.6 Å². The Balaban J connectivity index is 1.75. The maximum absolute atomic E-state index is 12.2. The van der Waals surface area contributed by atoms with E-state index < -0.39 is 5.97 Å². The van der Waals surface area contributed by atoms with Gasteiger partial charge in [0, 0.05) is 25.9 Å². The molecule has 0 aliphatic carbocycles. The lowest BCUT2D eigenvalue weighted by Crippen LogP contribution is -2.37. The molecule has 0 bridgehead atoms. The predicted octanol–water partition coefficient (Wildman–Crippen LogP) is 6.57. The van der Waals surface area contributed by atoms with Crippen LogP contribution in [-0.2, 0) is 9.59 Å². The number of nitrogens with zero attached hydrogens (tertiary/aromatic N) is 1. The van der Waals surface area contributed by atoms with Gasteiger partial charge in [-0.1, -0.05) is 84.0 Å². The summed E-state index contributed by atoms with van der Waals surface area (Å²) in [6.45, 7) is 4.24. The van der Waals surface area contributed by atoms with Gasteiger partial charge in [0.25, 0.3) is 0 Å². The Morgan fingerprint density at radius 1 is 0.679 bits per heavy atom. The Morgan fingerprint density at radius 2 is 1.04 bits per heavy atom. The molecule has 1 aliphatic heterocycles. The molecule has 1 rings (SSSR count). The van der Waals surface area contributed by atoms with Crippen molar-refractivity contribution in [2.24, 2.45) is 5.92 Å². The summed E-state index contributed by atoms with van der Waals surface area (Å²) in [5, 5.41) is 8.58. The molecular weight excluding hydrogens is 350 g/mol. The summed E-state index contributed by atoms with van der Waals surface area (Å²) in [4.78, 5) is 24.7. The number of carboxylic acids is 1. The van der Waals surface area contributed by atoms with Gasteiger partial charge in [-0.05, 0) is 31.6 Å². The lowest BCUT2D eigenvalue weighted by molar-refractivity contribution is -0.137. The van der Waals surface area contributed by atoms with E-state index in [9.17, 15) is 9.59 Å². The number of aliphatic carboxylic acids is 1. The van der Waals surface area contributed by atoms with Gasteiger partial charge in [-0.15, -0.1) is 0 Å². The molecule has 164 valence electrons. The Hall–Kier alpha value is -1.06. The quantitative estimate of drug-likeness (QED) is 0.283. The van der Waals surface area contributed by atoms with E-state index in [1.807, 2.05) is 0 Å². The van der Waals surface area contributed by atoms with Crippen LogP contribution in [0.25, 0.3) is 0 Å². The third kappa shape index (κ3) is 14.0. The Morgan fingerprint density at radius 3 is 1.43 bits per heavy atom. The van der Waals surface area contributed by atoms with E-state index in [0.29, 0.717) is 12.3 Å². The molecule has 0 unspecified atom stereocenters. The molecule has 0 radical (unpaired) electrons. The van der Waals surface area contributed by atoms with Gasteiger partial charge in [0.15, 0.2) is 0 Å². The van der Waals surface area contributed by atoms with Gasteiger partial charge >= 0.3 is 5.97 Å². The summed E-state index contributed by atoms with van der Waals surface area (Å²) >= 11 is 0. The minimum absolute atomic E-state index is 0.327. The van der Waals surface area contributed by atoms with Crippen LogP contribution in [-0.4, -0.2) is 35.0 Å². The second-order valence-corrected chi connectivity index (χ2v) is 8.91. The van der Waals surface area contributed by atoms with Crippen LogP contribution in [0, 0.1) is 5.92 Å². The van der Waals surface area contributed by atoms with Crippen LogP contribution in [0.3, 0.4) is 0 Å². The van der Waals surface area contributed by atoms with Crippen molar-refractivity contribution < 1.29 is 14.7 Å². The normalized spacial score (nSPS) is 15.1. The first kappa shape index (κ1) is 25.0. The average molecular weight is 396 g/mol. The fraction of sp³-hybridized carbons (Fsp3) is 0.917. The Kier molecular flexibility index (Phi) is 15.0. The molecule has 28 heavy (non-hydrogen) atoms. The van der Waals surface area contributed by atoms with Gasteiger partial charge in [-0.25, -0.2) is 0 Å². The second-order valence-electron chi connectivity index (χ2n) is 8.91. The molecule has 0 aromatic carbocycles. The second kappa shape index (κ2) is 16.9. The molecule has 1 fully saturated rings. The van der Waals surface area contributed by atoms with Crippen molar-refractivity contribution in [3.8, 4) is 0 Å². The van der Waals surface area contributed by atoms with Crippen molar-refractivity contribution in [2.75, 3.05) is 13.1 Å². The van der Waals surface area contributed by atoms with Crippen LogP contribution in [0.2, 0.25) is 0 Å². The van der Waals surface area contributed by atoms with Crippen molar-refractivity contribution in [3.63, 3.8) is 0 Å². The zero-order valence-electron chi connectivity index (χ0n) is 18.4. The highest BCUT2D eigenvalue weighted by atomic mass is 16.4. The molecule has 1 amide bonds. The summed E-state index contributed by atoms with van der Waals surface area (Å²) in [5.41, 5.74) is 0. The van der Waals surface area contributed by atoms with Crippen molar-refractivity contribution in [3.05, 3.63) is 0 Å². The molecule has 1 N–H and O–H groups in total. The molecule has 0 spiro atoms. The smallest absolute Gasteiger partial charge is 0.303 e. The van der Waals surface area contributed by atoms with E-state index >= 15 is 0 Å². The third-order valence-electron chi connectivity index (χ3n) is 6.17. The first-order chi connectivity index (χ1) is 13.6. The van der Waals surface area contributed by atoms with E-state index in [-0.39, 0.29) is 0 Å². The third-order valence-corrected chi connectivity index (χ3v) is 6.17. The maximum Gasteiger partial charge on any atom is 0.303 e. The number of rotatable bonds is 17. The van der Waals surface area contributed by atoms with E-state index in [1.165, 1.54) is 83.5 Å². The van der Waals surface area contributed by atoms with Gasteiger partial charge in [0.05, 0.1) is 0 Å². The lowest BCUT2D eigenvalue weighted by atomic mass is 9.99. The summed E-state index contributed by atoms with van der Waals surface area (Å²) in [6, 6.07) is 0. The molecule has 4 heteroatoms. The fourth-order valence-electron chi connectivity index (χ4n) is 4.09. The van der Waals surface area contributed by atoms with Crippen LogP contribution < -0.4 is 0 Å². The number of hydrogen-bond donors (Lipinski definition) is 1. The van der Waals surface area contributed by atoms with E-state index in [1.54, 1.807) is 0 Å². The van der Waals surface area contributed by atoms with Gasteiger partial charge < -0.3 is 10.0 Å².